The third kappa shape index (κ3) is 66.7. The first-order chi connectivity index (χ1) is 51.3. The van der Waals surface area contributed by atoms with E-state index in [1.165, 1.54) is 281 Å². The van der Waals surface area contributed by atoms with Crippen LogP contribution in [-0.2, 0) is 69.5 Å². The highest BCUT2D eigenvalue weighted by atomic mass is 32.2. The predicted octanol–water partition coefficient (Wildman–Crippen LogP) is 20.5. The largest absolute Gasteiger partial charge is 0.382 e. The van der Waals surface area contributed by atoms with Gasteiger partial charge in [0.1, 0.15) is 12.2 Å². The van der Waals surface area contributed by atoms with Gasteiger partial charge in [0.25, 0.3) is 0 Å². The summed E-state index contributed by atoms with van der Waals surface area (Å²) >= 11 is 1.52. The minimum atomic E-state index is -3.28. The molecular weight excluding hydrogens is 1510 g/mol. The van der Waals surface area contributed by atoms with Crippen molar-refractivity contribution >= 4 is 106 Å². The summed E-state index contributed by atoms with van der Waals surface area (Å²) in [4.78, 5) is 66.4. The van der Waals surface area contributed by atoms with Gasteiger partial charge in [-0.05, 0) is 63.2 Å². The molecule has 9 unspecified atom stereocenters. The zero-order valence-corrected chi connectivity index (χ0v) is 75.5. The fraction of sp³-hybridized carbons (Fsp3) is 0.925. The van der Waals surface area contributed by atoms with Crippen LogP contribution in [0.25, 0.3) is 0 Å². The number of likely N-dealkylation sites (tertiary alicyclic amines) is 1. The molecule has 0 aromatic rings. The number of nitrogens with two attached hydrogens (primary N) is 1. The Kier molecular flexibility index (Phi) is 78.3. The third-order valence-electron chi connectivity index (χ3n) is 19.6. The number of ether oxygens (including phenoxy) is 5. The van der Waals surface area contributed by atoms with Crippen molar-refractivity contribution in [1.82, 2.24) is 4.90 Å². The van der Waals surface area contributed by atoms with Crippen molar-refractivity contribution in [1.29, 1.82) is 0 Å². The highest BCUT2D eigenvalue weighted by molar-refractivity contribution is 8.00. The molecule has 0 bridgehead atoms. The van der Waals surface area contributed by atoms with E-state index in [1.54, 1.807) is 7.11 Å². The zero-order chi connectivity index (χ0) is 77.8. The van der Waals surface area contributed by atoms with Gasteiger partial charge in [0.05, 0.1) is 83.5 Å². The summed E-state index contributed by atoms with van der Waals surface area (Å²) in [5, 5.41) is -0.334. The molecule has 28 heteroatoms. The van der Waals surface area contributed by atoms with E-state index in [0.29, 0.717) is 78.8 Å². The standard InChI is InChI=1S/C41H84.C25H47NO12P2S.C14H31NO7P2.2H2S/c1-3-5-7-9-11-13-15-17-19-21-23-25-27-29-31-33-35-37-39-41-40-38-36-34-32-30-28-26-24-22-20-18-16-14-12-10-8-6-4-2;1-31-14-15-34-17-16-33-13-10-26-24(27)19-23(25(26)28)41-18-8-6-5-7-11-36-40(4,30)37-20-22-21(9-12-35-22)38-39(3,29)32-2;1-18-23(2,16)21-12-14-13(8-11-19-14)22-24(3,17)20-10-7-5-4-6-9-15;;/h3-41H2,1-2H3;21-23,29-30H,3-20H2,1-2H3;13-14,16-17H,2-12,15H2,1H3;2*1H2. The van der Waals surface area contributed by atoms with Gasteiger partial charge >= 0.3 is 0 Å². The Bertz CT molecular complexity index is 2190. The molecule has 108 heavy (non-hydrogen) atoms. The van der Waals surface area contributed by atoms with Gasteiger partial charge in [-0.3, -0.25) is 14.5 Å². The number of rotatable bonds is 75. The van der Waals surface area contributed by atoms with Crippen molar-refractivity contribution in [3.63, 3.8) is 0 Å². The summed E-state index contributed by atoms with van der Waals surface area (Å²) < 4.78 is 69.1. The summed E-state index contributed by atoms with van der Waals surface area (Å²) in [6.07, 6.45) is 79.0. The Hall–Kier alpha value is 0.670. The summed E-state index contributed by atoms with van der Waals surface area (Å²) in [5.41, 5.74) is 5.43. The Morgan fingerprint density at radius 3 is 1.11 bits per heavy atom. The third-order valence-corrected chi connectivity index (χ3v) is 25.5. The lowest BCUT2D eigenvalue weighted by molar-refractivity contribution is -0.139. The van der Waals surface area contributed by atoms with Crippen LogP contribution >= 0.6 is 69.0 Å². The normalized spacial score (nSPS) is 19.4. The first-order valence-corrected chi connectivity index (χ1v) is 50.3. The molecule has 3 heterocycles. The molecule has 0 aromatic heterocycles. The molecule has 2 amide bonds. The minimum Gasteiger partial charge on any atom is -0.382 e. The maximum Gasteiger partial charge on any atom is 0.248 e. The van der Waals surface area contributed by atoms with Crippen LogP contribution in [0, 0.1) is 0 Å². The SMILES string of the molecule is C=P(O)(OC)OCC1OCCC1OP(=C)(O)OCCCCCCN.C=P(O)(OCCCCCCSC1CC(=O)N(CCOCCOCCOC)C1=O)OCC1OCCC1OP(=C)(O)OC.CCCCCCCCCCCCCCCCCCCCCCCCCCCCCCCCCCCCCCCCC.S.S. The fourth-order valence-corrected chi connectivity index (χ4v) is 17.3. The number of carbonyl (C=O) groups is 2. The van der Waals surface area contributed by atoms with Gasteiger partial charge in [-0.15, -0.1) is 11.8 Å². The maximum atomic E-state index is 12.6. The van der Waals surface area contributed by atoms with Gasteiger partial charge in [-0.25, -0.2) is 0 Å². The van der Waals surface area contributed by atoms with Gasteiger partial charge < -0.3 is 85.2 Å². The molecule has 3 aliphatic heterocycles. The van der Waals surface area contributed by atoms with Gasteiger partial charge in [-0.1, -0.05) is 290 Å². The molecule has 6 N–H and O–H groups in total. The number of hydrogen-bond acceptors (Lipinski definition) is 21. The Morgan fingerprint density at radius 1 is 0.417 bits per heavy atom. The number of thioether (sulfide) groups is 1. The van der Waals surface area contributed by atoms with E-state index in [1.807, 2.05) is 0 Å². The summed E-state index contributed by atoms with van der Waals surface area (Å²) in [6, 6.07) is 0. The molecule has 648 valence electrons. The van der Waals surface area contributed by atoms with E-state index >= 15 is 0 Å². The summed E-state index contributed by atoms with van der Waals surface area (Å²) in [5.74, 6) is 0.482. The van der Waals surface area contributed by atoms with Crippen molar-refractivity contribution in [3.8, 4) is 0 Å². The van der Waals surface area contributed by atoms with Crippen LogP contribution in [0.3, 0.4) is 0 Å². The molecule has 9 atom stereocenters. The minimum absolute atomic E-state index is 0. The molecule has 3 fully saturated rings. The van der Waals surface area contributed by atoms with Crippen LogP contribution in [0.4, 0.5) is 0 Å². The lowest BCUT2D eigenvalue weighted by atomic mass is 10.0. The van der Waals surface area contributed by atoms with Crippen LogP contribution in [0.5, 0.6) is 0 Å². The topological polar surface area (TPSA) is 264 Å². The van der Waals surface area contributed by atoms with Crippen LogP contribution in [0.2, 0.25) is 0 Å². The number of carbonyl (C=O) groups excluding carboxylic acids is 2. The van der Waals surface area contributed by atoms with Crippen molar-refractivity contribution in [2.75, 3.05) is 113 Å². The van der Waals surface area contributed by atoms with Crippen LogP contribution in [0.15, 0.2) is 0 Å². The van der Waals surface area contributed by atoms with Crippen LogP contribution in [0.1, 0.15) is 335 Å². The Balaban J connectivity index is 0. The average Bonchev–Trinajstić information content (AvgIpc) is 1.70. The molecule has 0 aromatic carbocycles. The zero-order valence-electron chi connectivity index (χ0n) is 69.1. The van der Waals surface area contributed by atoms with Crippen LogP contribution in [-0.4, -0.2) is 204 Å². The molecule has 3 aliphatic rings. The van der Waals surface area contributed by atoms with E-state index in [9.17, 15) is 29.2 Å². The van der Waals surface area contributed by atoms with Crippen molar-refractivity contribution in [2.24, 2.45) is 5.73 Å². The van der Waals surface area contributed by atoms with Crippen molar-refractivity contribution in [2.45, 2.75) is 365 Å². The van der Waals surface area contributed by atoms with Gasteiger partial charge in [-0.2, -0.15) is 27.0 Å². The summed E-state index contributed by atoms with van der Waals surface area (Å²) in [7, 11) is -8.43. The second kappa shape index (κ2) is 76.4. The fourth-order valence-electron chi connectivity index (χ4n) is 12.9. The van der Waals surface area contributed by atoms with E-state index in [-0.39, 0.29) is 70.2 Å². The molecule has 0 radical (unpaired) electrons. The number of amides is 2. The maximum absolute atomic E-state index is 12.6. The first-order valence-electron chi connectivity index (χ1n) is 42.2. The second-order valence-corrected chi connectivity index (χ2v) is 37.8. The molecule has 0 spiro atoms. The van der Waals surface area contributed by atoms with E-state index in [0.717, 1.165) is 57.1 Å². The second-order valence-electron chi connectivity index (χ2n) is 29.2. The van der Waals surface area contributed by atoms with E-state index in [2.05, 4.69) is 39.0 Å². The highest BCUT2D eigenvalue weighted by Crippen LogP contribution is 2.49. The number of nitrogens with zero attached hydrogens (tertiary/aromatic N) is 1. The lowest BCUT2D eigenvalue weighted by Gasteiger charge is -2.26. The number of methoxy groups -OCH3 is 1. The number of imide groups is 1. The van der Waals surface area contributed by atoms with Gasteiger partial charge in [0.2, 0.25) is 42.1 Å². The van der Waals surface area contributed by atoms with Crippen molar-refractivity contribution < 1.29 is 89.0 Å². The summed E-state index contributed by atoms with van der Waals surface area (Å²) in [6.45, 7) is 9.39. The van der Waals surface area contributed by atoms with Crippen molar-refractivity contribution in [3.05, 3.63) is 0 Å². The molecule has 21 nitrogen and oxygen atoms in total. The highest BCUT2D eigenvalue weighted by Gasteiger charge is 2.39. The lowest BCUT2D eigenvalue weighted by Crippen LogP contribution is -2.34. The Labute approximate surface area is 679 Å². The van der Waals surface area contributed by atoms with Gasteiger partial charge in [0, 0.05) is 53.8 Å². The number of unbranched alkanes of at least 4 members (excludes halogenated alkanes) is 44. The van der Waals surface area contributed by atoms with E-state index < -0.39 is 54.7 Å². The average molecular weight is 1680 g/mol. The molecule has 3 saturated heterocycles. The van der Waals surface area contributed by atoms with E-state index in [4.69, 9.17) is 65.6 Å². The number of hydrogen-bond donors (Lipinski definition) is 5. The molecule has 0 saturated carbocycles. The first kappa shape index (κ1) is 111. The molecule has 3 rings (SSSR count). The quantitative estimate of drug-likeness (QED) is 0.0215. The molecule has 0 aliphatic carbocycles. The smallest absolute Gasteiger partial charge is 0.248 e. The van der Waals surface area contributed by atoms with Crippen LogP contribution < -0.4 is 5.73 Å². The Morgan fingerprint density at radius 2 is 0.741 bits per heavy atom. The molecular formula is C80H166N2O19P4S3. The van der Waals surface area contributed by atoms with Gasteiger partial charge in [0.15, 0.2) is 0 Å². The predicted molar refractivity (Wildman–Crippen MR) is 471 cm³/mol. The monoisotopic (exact) mass is 1680 g/mol.